The Morgan fingerprint density at radius 3 is 2.40 bits per heavy atom. The first-order valence-electron chi connectivity index (χ1n) is 5.34. The minimum absolute atomic E-state index is 0.0532. The van der Waals surface area contributed by atoms with Crippen LogP contribution in [0, 0.1) is 0 Å². The van der Waals surface area contributed by atoms with E-state index in [2.05, 4.69) is 20.7 Å². The lowest BCUT2D eigenvalue weighted by Gasteiger charge is -2.11. The van der Waals surface area contributed by atoms with Crippen LogP contribution in [-0.2, 0) is 6.18 Å². The Kier molecular flexibility index (Phi) is 3.96. The first kappa shape index (κ1) is 14.4. The van der Waals surface area contributed by atoms with Crippen LogP contribution in [0.25, 0.3) is 0 Å². The molecule has 0 saturated heterocycles. The third-order valence-corrected chi connectivity index (χ3v) is 2.46. The molecule has 0 unspecified atom stereocenters. The average molecular weight is 304 g/mol. The average Bonchev–Trinajstić information content (AvgIpc) is 2.37. The van der Waals surface area contributed by atoms with Crippen molar-refractivity contribution in [2.45, 2.75) is 6.18 Å². The number of hydrogen-bond donors (Lipinski definition) is 3. The molecule has 9 heteroatoms. The van der Waals surface area contributed by atoms with Crippen molar-refractivity contribution < 1.29 is 13.2 Å². The van der Waals surface area contributed by atoms with Crippen LogP contribution < -0.4 is 16.6 Å². The van der Waals surface area contributed by atoms with Gasteiger partial charge in [-0.3, -0.25) is 0 Å². The highest BCUT2D eigenvalue weighted by molar-refractivity contribution is 6.30. The molecule has 20 heavy (non-hydrogen) atoms. The molecular formula is C11H9ClF3N5. The monoisotopic (exact) mass is 303 g/mol. The molecule has 0 bridgehead atoms. The molecule has 106 valence electrons. The van der Waals surface area contributed by atoms with Crippen molar-refractivity contribution in [2.75, 3.05) is 10.7 Å². The van der Waals surface area contributed by atoms with E-state index in [4.69, 9.17) is 17.4 Å². The smallest absolute Gasteiger partial charge is 0.340 e. The second kappa shape index (κ2) is 5.51. The number of rotatable bonds is 3. The minimum atomic E-state index is -4.67. The summed E-state index contributed by atoms with van der Waals surface area (Å²) < 4.78 is 37.9. The van der Waals surface area contributed by atoms with E-state index in [0.29, 0.717) is 10.7 Å². The number of nitrogens with two attached hydrogens (primary N) is 1. The first-order valence-corrected chi connectivity index (χ1v) is 5.72. The number of nitrogen functional groups attached to an aromatic ring is 1. The molecule has 4 N–H and O–H groups in total. The number of benzene rings is 1. The number of alkyl halides is 3. The second-order valence-electron chi connectivity index (χ2n) is 3.74. The lowest BCUT2D eigenvalue weighted by atomic mass is 10.3. The molecule has 1 heterocycles. The van der Waals surface area contributed by atoms with Crippen LogP contribution in [-0.4, -0.2) is 9.97 Å². The number of halogens is 4. The summed E-state index contributed by atoms with van der Waals surface area (Å²) in [5, 5.41) is 3.14. The van der Waals surface area contributed by atoms with Gasteiger partial charge in [-0.25, -0.2) is 15.8 Å². The van der Waals surface area contributed by atoms with Crippen LogP contribution in [0.1, 0.15) is 5.82 Å². The number of nitrogens with one attached hydrogen (secondary N) is 2. The van der Waals surface area contributed by atoms with E-state index in [1.54, 1.807) is 24.3 Å². The fraction of sp³-hybridized carbons (Fsp3) is 0.0909. The highest BCUT2D eigenvalue weighted by Gasteiger charge is 2.35. The topological polar surface area (TPSA) is 75.9 Å². The Morgan fingerprint density at radius 2 is 1.80 bits per heavy atom. The van der Waals surface area contributed by atoms with Crippen molar-refractivity contribution in [3.63, 3.8) is 0 Å². The van der Waals surface area contributed by atoms with E-state index in [9.17, 15) is 13.2 Å². The van der Waals surface area contributed by atoms with Gasteiger partial charge in [-0.05, 0) is 18.2 Å². The molecular weight excluding hydrogens is 295 g/mol. The Morgan fingerprint density at radius 1 is 1.10 bits per heavy atom. The zero-order chi connectivity index (χ0) is 14.8. The molecule has 0 fully saturated rings. The molecule has 0 spiro atoms. The van der Waals surface area contributed by atoms with Gasteiger partial charge in [-0.15, -0.1) is 0 Å². The molecule has 5 nitrogen and oxygen atoms in total. The summed E-state index contributed by atoms with van der Waals surface area (Å²) in [4.78, 5) is 6.64. The third-order valence-electron chi connectivity index (χ3n) is 2.22. The maximum Gasteiger partial charge on any atom is 0.451 e. The minimum Gasteiger partial charge on any atom is -0.340 e. The second-order valence-corrected chi connectivity index (χ2v) is 4.18. The SMILES string of the molecule is NNc1cc(Nc2cccc(Cl)c2)nc(C(F)(F)F)n1. The number of aromatic nitrogens is 2. The molecule has 0 amide bonds. The number of anilines is 3. The number of nitrogens with zero attached hydrogens (tertiary/aromatic N) is 2. The molecule has 0 saturated carbocycles. The molecule has 0 aliphatic carbocycles. The van der Waals surface area contributed by atoms with Gasteiger partial charge < -0.3 is 10.7 Å². The van der Waals surface area contributed by atoms with E-state index >= 15 is 0 Å². The van der Waals surface area contributed by atoms with Gasteiger partial charge in [0.25, 0.3) is 0 Å². The van der Waals surface area contributed by atoms with Crippen molar-refractivity contribution in [1.29, 1.82) is 0 Å². The summed E-state index contributed by atoms with van der Waals surface area (Å²) in [5.74, 6) is 3.59. The summed E-state index contributed by atoms with van der Waals surface area (Å²) >= 11 is 5.79. The van der Waals surface area contributed by atoms with Crippen molar-refractivity contribution in [1.82, 2.24) is 9.97 Å². The maximum atomic E-state index is 12.6. The predicted molar refractivity (Wildman–Crippen MR) is 69.6 cm³/mol. The van der Waals surface area contributed by atoms with E-state index in [0.717, 1.165) is 0 Å². The van der Waals surface area contributed by atoms with Crippen LogP contribution in [0.2, 0.25) is 5.02 Å². The van der Waals surface area contributed by atoms with Crippen molar-refractivity contribution in [2.24, 2.45) is 5.84 Å². The molecule has 1 aromatic heterocycles. The summed E-state index contributed by atoms with van der Waals surface area (Å²) in [7, 11) is 0. The Balaban J connectivity index is 2.36. The lowest BCUT2D eigenvalue weighted by molar-refractivity contribution is -0.144. The molecule has 0 atom stereocenters. The quantitative estimate of drug-likeness (QED) is 0.600. The van der Waals surface area contributed by atoms with Gasteiger partial charge >= 0.3 is 6.18 Å². The summed E-state index contributed by atoms with van der Waals surface area (Å²) in [6.45, 7) is 0. The zero-order valence-corrected chi connectivity index (χ0v) is 10.6. The Labute approximate surface area is 117 Å². The summed E-state index contributed by atoms with van der Waals surface area (Å²) in [6, 6.07) is 7.72. The van der Waals surface area contributed by atoms with Gasteiger partial charge in [0.1, 0.15) is 11.6 Å². The molecule has 2 rings (SSSR count). The highest BCUT2D eigenvalue weighted by atomic mass is 35.5. The van der Waals surface area contributed by atoms with Crippen molar-refractivity contribution in [3.05, 3.63) is 41.2 Å². The van der Waals surface area contributed by atoms with E-state index < -0.39 is 12.0 Å². The largest absolute Gasteiger partial charge is 0.451 e. The van der Waals surface area contributed by atoms with Crippen LogP contribution >= 0.6 is 11.6 Å². The third kappa shape index (κ3) is 3.49. The van der Waals surface area contributed by atoms with Crippen LogP contribution in [0.4, 0.5) is 30.5 Å². The highest BCUT2D eigenvalue weighted by Crippen LogP contribution is 2.29. The molecule has 0 aliphatic heterocycles. The van der Waals surface area contributed by atoms with Gasteiger partial charge in [0, 0.05) is 16.8 Å². The van der Waals surface area contributed by atoms with Crippen molar-refractivity contribution >= 4 is 28.9 Å². The Bertz CT molecular complexity index is 617. The van der Waals surface area contributed by atoms with Gasteiger partial charge in [-0.1, -0.05) is 17.7 Å². The summed E-state index contributed by atoms with van der Waals surface area (Å²) in [5.41, 5.74) is 2.55. The van der Waals surface area contributed by atoms with Gasteiger partial charge in [0.2, 0.25) is 5.82 Å². The summed E-state index contributed by atoms with van der Waals surface area (Å²) in [6.07, 6.45) is -4.67. The molecule has 0 radical (unpaired) electrons. The first-order chi connectivity index (χ1) is 9.38. The normalized spacial score (nSPS) is 11.2. The van der Waals surface area contributed by atoms with E-state index in [1.165, 1.54) is 6.07 Å². The van der Waals surface area contributed by atoms with Crippen LogP contribution in [0.5, 0.6) is 0 Å². The molecule has 0 aliphatic rings. The van der Waals surface area contributed by atoms with Gasteiger partial charge in [0.15, 0.2) is 0 Å². The van der Waals surface area contributed by atoms with Gasteiger partial charge in [-0.2, -0.15) is 13.2 Å². The van der Waals surface area contributed by atoms with Gasteiger partial charge in [0.05, 0.1) is 0 Å². The molecule has 2 aromatic rings. The maximum absolute atomic E-state index is 12.6. The number of hydrogen-bond acceptors (Lipinski definition) is 5. The lowest BCUT2D eigenvalue weighted by Crippen LogP contribution is -2.16. The predicted octanol–water partition coefficient (Wildman–Crippen LogP) is 3.18. The zero-order valence-electron chi connectivity index (χ0n) is 9.87. The fourth-order valence-electron chi connectivity index (χ4n) is 1.43. The van der Waals surface area contributed by atoms with Crippen LogP contribution in [0.15, 0.2) is 30.3 Å². The van der Waals surface area contributed by atoms with Crippen LogP contribution in [0.3, 0.4) is 0 Å². The Hall–Kier alpha value is -2.06. The van der Waals surface area contributed by atoms with E-state index in [-0.39, 0.29) is 11.6 Å². The fourth-order valence-corrected chi connectivity index (χ4v) is 1.62. The number of hydrazine groups is 1. The van der Waals surface area contributed by atoms with E-state index in [1.807, 2.05) is 0 Å². The molecule has 1 aromatic carbocycles. The standard InChI is InChI=1S/C11H9ClF3N5/c12-6-2-1-3-7(4-6)17-8-5-9(20-16)19-10(18-8)11(13,14)15/h1-5H,16H2,(H2,17,18,19,20). The van der Waals surface area contributed by atoms with Crippen molar-refractivity contribution in [3.8, 4) is 0 Å².